The van der Waals surface area contributed by atoms with Gasteiger partial charge in [0.2, 0.25) is 0 Å². The molecule has 0 saturated heterocycles. The van der Waals surface area contributed by atoms with Crippen LogP contribution in [0.5, 0.6) is 5.75 Å². The van der Waals surface area contributed by atoms with Crippen LogP contribution in [-0.4, -0.2) is 8.76 Å². The Kier molecular flexibility index (Phi) is 3.85. The van der Waals surface area contributed by atoms with Crippen LogP contribution in [-0.2, 0) is 11.4 Å². The van der Waals surface area contributed by atoms with Crippen molar-refractivity contribution in [1.82, 2.24) is 0 Å². The Balaban J connectivity index is 2.06. The number of rotatable bonds is 4. The lowest BCUT2D eigenvalue weighted by Gasteiger charge is -2.14. The summed E-state index contributed by atoms with van der Waals surface area (Å²) in [5, 5.41) is 4.95. The van der Waals surface area contributed by atoms with Crippen LogP contribution in [0, 0.1) is 0 Å². The predicted octanol–water partition coefficient (Wildman–Crippen LogP) is 3.76. The predicted molar refractivity (Wildman–Crippen MR) is 83.2 cm³/mol. The van der Waals surface area contributed by atoms with E-state index in [-0.39, 0.29) is 0 Å². The summed E-state index contributed by atoms with van der Waals surface area (Å²) >= 11 is -2.59. The summed E-state index contributed by atoms with van der Waals surface area (Å²) in [6.07, 6.45) is 0. The van der Waals surface area contributed by atoms with Gasteiger partial charge in [-0.1, -0.05) is 42.5 Å². The molecule has 1 atom stereocenters. The maximum atomic E-state index is 10.8. The molecule has 0 amide bonds. The summed E-state index contributed by atoms with van der Waals surface area (Å²) in [6, 6.07) is 20.7. The van der Waals surface area contributed by atoms with Gasteiger partial charge in [0.25, 0.3) is 0 Å². The highest BCUT2D eigenvalue weighted by atomic mass is 32.2. The van der Waals surface area contributed by atoms with Gasteiger partial charge in [-0.3, -0.25) is 0 Å². The lowest BCUT2D eigenvalue weighted by atomic mass is 10.1. The minimum atomic E-state index is -2.59. The molecule has 1 N–H and O–H groups in total. The summed E-state index contributed by atoms with van der Waals surface area (Å²) in [6.45, 7) is 0. The zero-order valence-electron chi connectivity index (χ0n) is 11.0. The average molecular weight is 298 g/mol. The number of nitrogens with one attached hydrogen (secondary N) is 1. The smallest absolute Gasteiger partial charge is 0.147 e. The first kappa shape index (κ1) is 13.6. The van der Waals surface area contributed by atoms with Gasteiger partial charge in [-0.05, 0) is 24.3 Å². The highest BCUT2D eigenvalue weighted by Crippen LogP contribution is 2.33. The number of anilines is 2. The number of hydrogen-bond acceptors (Lipinski definition) is 4. The fourth-order valence-electron chi connectivity index (χ4n) is 2.20. The molecule has 0 aromatic heterocycles. The maximum Gasteiger partial charge on any atom is 0.147 e. The van der Waals surface area contributed by atoms with Gasteiger partial charge in [-0.2, -0.15) is 0 Å². The van der Waals surface area contributed by atoms with Gasteiger partial charge in [0.05, 0.1) is 0 Å². The largest absolute Gasteiger partial charge is 0.740 e. The van der Waals surface area contributed by atoms with Crippen LogP contribution in [0.25, 0.3) is 10.8 Å². The van der Waals surface area contributed by atoms with Gasteiger partial charge in [0, 0.05) is 22.1 Å². The Hall–Kier alpha value is -2.37. The summed E-state index contributed by atoms with van der Waals surface area (Å²) in [4.78, 5) is 0. The normalized spacial score (nSPS) is 12.0. The van der Waals surface area contributed by atoms with E-state index in [1.165, 1.54) is 0 Å². The second-order valence-electron chi connectivity index (χ2n) is 4.44. The first-order valence-corrected chi connectivity index (χ1v) is 7.35. The molecule has 1 unspecified atom stereocenters. The van der Waals surface area contributed by atoms with Crippen LogP contribution < -0.4 is 9.50 Å². The Morgan fingerprint density at radius 2 is 1.52 bits per heavy atom. The average Bonchev–Trinajstić information content (AvgIpc) is 2.50. The molecule has 3 aromatic rings. The van der Waals surface area contributed by atoms with Crippen molar-refractivity contribution < 1.29 is 12.9 Å². The van der Waals surface area contributed by atoms with Crippen LogP contribution >= 0.6 is 0 Å². The molecule has 0 aliphatic carbocycles. The van der Waals surface area contributed by atoms with E-state index in [9.17, 15) is 8.76 Å². The van der Waals surface area contributed by atoms with E-state index in [2.05, 4.69) is 5.32 Å². The molecule has 0 aliphatic heterocycles. The number of benzene rings is 3. The second kappa shape index (κ2) is 5.95. The molecule has 4 nitrogen and oxygen atoms in total. The van der Waals surface area contributed by atoms with E-state index in [1.54, 1.807) is 12.1 Å². The molecule has 0 bridgehead atoms. The fourth-order valence-corrected chi connectivity index (χ4v) is 2.50. The van der Waals surface area contributed by atoms with Gasteiger partial charge in [0.15, 0.2) is 0 Å². The molecule has 21 heavy (non-hydrogen) atoms. The molecule has 3 aromatic carbocycles. The molecule has 0 heterocycles. The van der Waals surface area contributed by atoms with Crippen molar-refractivity contribution in [2.24, 2.45) is 0 Å². The lowest BCUT2D eigenvalue weighted by Crippen LogP contribution is -1.99. The SMILES string of the molecule is O=S([O-])Oc1ccc(Nc2ccccc2)c2ccccc12. The summed E-state index contributed by atoms with van der Waals surface area (Å²) in [7, 11) is 0. The highest BCUT2D eigenvalue weighted by molar-refractivity contribution is 7.74. The highest BCUT2D eigenvalue weighted by Gasteiger charge is 2.07. The molecule has 0 saturated carbocycles. The Morgan fingerprint density at radius 3 is 2.24 bits per heavy atom. The van der Waals surface area contributed by atoms with Crippen molar-refractivity contribution in [2.45, 2.75) is 0 Å². The minimum Gasteiger partial charge on any atom is -0.740 e. The van der Waals surface area contributed by atoms with Gasteiger partial charge >= 0.3 is 0 Å². The third kappa shape index (κ3) is 3.04. The van der Waals surface area contributed by atoms with E-state index >= 15 is 0 Å². The van der Waals surface area contributed by atoms with E-state index in [4.69, 9.17) is 4.18 Å². The number of para-hydroxylation sites is 1. The summed E-state index contributed by atoms with van der Waals surface area (Å²) in [5.41, 5.74) is 1.85. The van der Waals surface area contributed by atoms with Crippen molar-refractivity contribution >= 4 is 33.5 Å². The van der Waals surface area contributed by atoms with E-state index in [0.29, 0.717) is 5.75 Å². The molecule has 3 rings (SSSR count). The Morgan fingerprint density at radius 1 is 0.857 bits per heavy atom. The molecule has 0 fully saturated rings. The second-order valence-corrected chi connectivity index (χ2v) is 5.01. The first-order chi connectivity index (χ1) is 10.2. The van der Waals surface area contributed by atoms with Gasteiger partial charge in [0.1, 0.15) is 17.1 Å². The number of fused-ring (bicyclic) bond motifs is 1. The van der Waals surface area contributed by atoms with Crippen molar-refractivity contribution in [3.8, 4) is 5.75 Å². The number of hydrogen-bond donors (Lipinski definition) is 1. The first-order valence-electron chi connectivity index (χ1n) is 6.35. The molecule has 5 heteroatoms. The topological polar surface area (TPSA) is 61.4 Å². The Bertz CT molecular complexity index is 790. The fraction of sp³-hybridized carbons (Fsp3) is 0. The zero-order chi connectivity index (χ0) is 14.7. The van der Waals surface area contributed by atoms with Crippen LogP contribution in [0.3, 0.4) is 0 Å². The van der Waals surface area contributed by atoms with Crippen LogP contribution in [0.2, 0.25) is 0 Å². The molecule has 0 radical (unpaired) electrons. The quantitative estimate of drug-likeness (QED) is 0.745. The van der Waals surface area contributed by atoms with E-state index in [0.717, 1.165) is 22.1 Å². The molecular formula is C16H12NO3S-. The van der Waals surface area contributed by atoms with Crippen LogP contribution in [0.15, 0.2) is 66.7 Å². The Labute approximate surface area is 124 Å². The molecular weight excluding hydrogens is 286 g/mol. The lowest BCUT2D eigenvalue weighted by molar-refractivity contribution is 0.442. The minimum absolute atomic E-state index is 0.317. The van der Waals surface area contributed by atoms with Gasteiger partial charge < -0.3 is 14.1 Å². The van der Waals surface area contributed by atoms with E-state index < -0.39 is 11.4 Å². The monoisotopic (exact) mass is 298 g/mol. The standard InChI is InChI=1S/C16H13NO3S/c18-21(19)20-16-11-10-15(13-8-4-5-9-14(13)16)17-12-6-2-1-3-7-12/h1-11,17H,(H,18,19)/p-1. The van der Waals surface area contributed by atoms with Crippen LogP contribution in [0.1, 0.15) is 0 Å². The molecule has 106 valence electrons. The van der Waals surface area contributed by atoms with Gasteiger partial charge in [-0.15, -0.1) is 0 Å². The van der Waals surface area contributed by atoms with Crippen LogP contribution in [0.4, 0.5) is 11.4 Å². The van der Waals surface area contributed by atoms with Crippen molar-refractivity contribution in [1.29, 1.82) is 0 Å². The third-order valence-electron chi connectivity index (χ3n) is 3.09. The van der Waals surface area contributed by atoms with Crippen molar-refractivity contribution in [3.05, 3.63) is 66.7 Å². The molecule has 0 aliphatic rings. The third-order valence-corrected chi connectivity index (χ3v) is 3.41. The maximum absolute atomic E-state index is 10.8. The zero-order valence-corrected chi connectivity index (χ0v) is 11.8. The summed E-state index contributed by atoms with van der Waals surface area (Å²) < 4.78 is 26.3. The van der Waals surface area contributed by atoms with Crippen molar-refractivity contribution in [2.75, 3.05) is 5.32 Å². The summed E-state index contributed by atoms with van der Waals surface area (Å²) in [5.74, 6) is 0.317. The molecule has 0 spiro atoms. The van der Waals surface area contributed by atoms with E-state index in [1.807, 2.05) is 54.6 Å². The van der Waals surface area contributed by atoms with Gasteiger partial charge in [-0.25, -0.2) is 4.21 Å². The van der Waals surface area contributed by atoms with Crippen molar-refractivity contribution in [3.63, 3.8) is 0 Å².